The third kappa shape index (κ3) is 2.22. The summed E-state index contributed by atoms with van der Waals surface area (Å²) in [5.74, 6) is -1.15. The van der Waals surface area contributed by atoms with Crippen LogP contribution in [-0.4, -0.2) is 42.6 Å². The van der Waals surface area contributed by atoms with Crippen molar-refractivity contribution in [2.45, 2.75) is 26.2 Å². The second-order valence-corrected chi connectivity index (χ2v) is 7.57. The molecule has 1 unspecified atom stereocenters. The molecular formula is C11H16N2O4S. The fraction of sp³-hybridized carbons (Fsp3) is 0.818. The van der Waals surface area contributed by atoms with Crippen LogP contribution < -0.4 is 0 Å². The van der Waals surface area contributed by atoms with Crippen LogP contribution in [0.1, 0.15) is 26.2 Å². The van der Waals surface area contributed by atoms with Crippen LogP contribution in [-0.2, 0) is 14.8 Å². The van der Waals surface area contributed by atoms with Crippen molar-refractivity contribution in [2.75, 3.05) is 18.8 Å². The van der Waals surface area contributed by atoms with Crippen LogP contribution >= 0.6 is 0 Å². The molecule has 1 aliphatic carbocycles. The van der Waals surface area contributed by atoms with Gasteiger partial charge in [-0.15, -0.1) is 0 Å². The van der Waals surface area contributed by atoms with Crippen molar-refractivity contribution in [1.29, 1.82) is 5.26 Å². The van der Waals surface area contributed by atoms with Gasteiger partial charge in [0.05, 0.1) is 22.7 Å². The molecule has 0 amide bonds. The van der Waals surface area contributed by atoms with Crippen molar-refractivity contribution in [3.8, 4) is 6.07 Å². The van der Waals surface area contributed by atoms with Crippen molar-refractivity contribution in [1.82, 2.24) is 4.31 Å². The summed E-state index contributed by atoms with van der Waals surface area (Å²) in [4.78, 5) is 11.1. The molecular weight excluding hydrogens is 256 g/mol. The van der Waals surface area contributed by atoms with Gasteiger partial charge in [-0.25, -0.2) is 12.7 Å². The maximum Gasteiger partial charge on any atom is 0.310 e. The second kappa shape index (κ2) is 3.93. The third-order valence-corrected chi connectivity index (χ3v) is 5.91. The summed E-state index contributed by atoms with van der Waals surface area (Å²) in [6.07, 6.45) is 1.56. The Labute approximate surface area is 106 Å². The van der Waals surface area contributed by atoms with E-state index in [1.807, 2.05) is 0 Å². The molecule has 0 aromatic rings. The zero-order valence-corrected chi connectivity index (χ0v) is 11.0. The van der Waals surface area contributed by atoms with Crippen LogP contribution in [0.25, 0.3) is 0 Å². The number of nitrogens with zero attached hydrogens (tertiary/aromatic N) is 2. The van der Waals surface area contributed by atoms with Crippen LogP contribution in [0, 0.1) is 22.2 Å². The highest BCUT2D eigenvalue weighted by atomic mass is 32.2. The van der Waals surface area contributed by atoms with Crippen molar-refractivity contribution in [2.24, 2.45) is 10.8 Å². The first kappa shape index (κ1) is 13.3. The second-order valence-electron chi connectivity index (χ2n) is 5.60. The van der Waals surface area contributed by atoms with E-state index in [0.29, 0.717) is 19.3 Å². The molecule has 1 saturated carbocycles. The van der Waals surface area contributed by atoms with Gasteiger partial charge in [-0.2, -0.15) is 5.26 Å². The van der Waals surface area contributed by atoms with Crippen molar-refractivity contribution in [3.63, 3.8) is 0 Å². The zero-order chi connectivity index (χ0) is 13.6. The lowest BCUT2D eigenvalue weighted by atomic mass is 9.90. The maximum absolute atomic E-state index is 12.1. The zero-order valence-electron chi connectivity index (χ0n) is 10.2. The number of carboxylic acid groups (broad SMARTS) is 1. The Morgan fingerprint density at radius 3 is 2.44 bits per heavy atom. The normalized spacial score (nSPS) is 30.9. The van der Waals surface area contributed by atoms with E-state index >= 15 is 0 Å². The van der Waals surface area contributed by atoms with E-state index in [2.05, 4.69) is 6.07 Å². The number of carbonyl (C=O) groups is 1. The quantitative estimate of drug-likeness (QED) is 0.799. The molecule has 1 aliphatic heterocycles. The Morgan fingerprint density at radius 2 is 2.06 bits per heavy atom. The van der Waals surface area contributed by atoms with Crippen LogP contribution in [0.4, 0.5) is 0 Å². The number of rotatable bonds is 4. The van der Waals surface area contributed by atoms with Gasteiger partial charge in [0.2, 0.25) is 10.0 Å². The smallest absolute Gasteiger partial charge is 0.310 e. The van der Waals surface area contributed by atoms with Crippen LogP contribution in [0.15, 0.2) is 0 Å². The molecule has 7 heteroatoms. The average molecular weight is 272 g/mol. The van der Waals surface area contributed by atoms with Crippen molar-refractivity contribution >= 4 is 16.0 Å². The Bertz CT molecular complexity index is 518. The van der Waals surface area contributed by atoms with Crippen LogP contribution in [0.5, 0.6) is 0 Å². The molecule has 2 fully saturated rings. The first-order chi connectivity index (χ1) is 8.23. The summed E-state index contributed by atoms with van der Waals surface area (Å²) < 4.78 is 25.5. The Kier molecular flexibility index (Phi) is 2.91. The molecule has 100 valence electrons. The molecule has 0 spiro atoms. The maximum atomic E-state index is 12.1. The van der Waals surface area contributed by atoms with Gasteiger partial charge in [-0.1, -0.05) is 0 Å². The first-order valence-electron chi connectivity index (χ1n) is 5.86. The van der Waals surface area contributed by atoms with E-state index in [-0.39, 0.29) is 18.8 Å². The van der Waals surface area contributed by atoms with Gasteiger partial charge in [0.1, 0.15) is 0 Å². The molecule has 0 bridgehead atoms. The molecule has 2 rings (SSSR count). The third-order valence-electron chi connectivity index (χ3n) is 3.90. The van der Waals surface area contributed by atoms with E-state index in [4.69, 9.17) is 10.4 Å². The highest BCUT2D eigenvalue weighted by Gasteiger charge is 2.51. The molecule has 1 N–H and O–H groups in total. The van der Waals surface area contributed by atoms with Gasteiger partial charge in [0.25, 0.3) is 0 Å². The highest BCUT2D eigenvalue weighted by molar-refractivity contribution is 7.89. The summed E-state index contributed by atoms with van der Waals surface area (Å²) in [5.41, 5.74) is -1.72. The Morgan fingerprint density at radius 1 is 1.44 bits per heavy atom. The summed E-state index contributed by atoms with van der Waals surface area (Å²) in [7, 11) is -3.52. The lowest BCUT2D eigenvalue weighted by Gasteiger charge is -2.20. The van der Waals surface area contributed by atoms with E-state index in [1.165, 1.54) is 4.31 Å². The van der Waals surface area contributed by atoms with Crippen LogP contribution in [0.3, 0.4) is 0 Å². The standard InChI is InChI=1S/C11H16N2O4S/c1-10(9(14)15)4-5-13(7-10)18(16,17)8-11(6-12)2-3-11/h2-5,7-8H2,1H3,(H,14,15). The molecule has 1 saturated heterocycles. The van der Waals surface area contributed by atoms with Gasteiger partial charge in [-0.05, 0) is 26.2 Å². The molecule has 6 nitrogen and oxygen atoms in total. The number of hydrogen-bond donors (Lipinski definition) is 1. The predicted octanol–water partition coefficient (Wildman–Crippen LogP) is 0.417. The van der Waals surface area contributed by atoms with Gasteiger partial charge in [0, 0.05) is 13.1 Å². The molecule has 0 radical (unpaired) electrons. The van der Waals surface area contributed by atoms with Crippen molar-refractivity contribution in [3.05, 3.63) is 0 Å². The molecule has 0 aromatic carbocycles. The number of aliphatic carboxylic acids is 1. The topological polar surface area (TPSA) is 98.5 Å². The van der Waals surface area contributed by atoms with E-state index in [9.17, 15) is 13.2 Å². The summed E-state index contributed by atoms with van der Waals surface area (Å²) in [6, 6.07) is 2.05. The van der Waals surface area contributed by atoms with Crippen molar-refractivity contribution < 1.29 is 18.3 Å². The largest absolute Gasteiger partial charge is 0.481 e. The minimum absolute atomic E-state index is 0.00613. The predicted molar refractivity (Wildman–Crippen MR) is 63.0 cm³/mol. The molecule has 1 atom stereocenters. The van der Waals surface area contributed by atoms with Gasteiger partial charge < -0.3 is 5.11 Å². The number of nitriles is 1. The first-order valence-corrected chi connectivity index (χ1v) is 7.47. The van der Waals surface area contributed by atoms with Gasteiger partial charge in [-0.3, -0.25) is 4.79 Å². The van der Waals surface area contributed by atoms with Gasteiger partial charge >= 0.3 is 5.97 Å². The molecule has 0 aromatic heterocycles. The molecule has 18 heavy (non-hydrogen) atoms. The van der Waals surface area contributed by atoms with Crippen LogP contribution in [0.2, 0.25) is 0 Å². The summed E-state index contributed by atoms with van der Waals surface area (Å²) >= 11 is 0. The van der Waals surface area contributed by atoms with E-state index in [0.717, 1.165) is 0 Å². The average Bonchev–Trinajstić information content (AvgIpc) is 2.91. The molecule has 1 heterocycles. The van der Waals surface area contributed by atoms with Gasteiger partial charge in [0.15, 0.2) is 0 Å². The minimum atomic E-state index is -3.52. The summed E-state index contributed by atoms with van der Waals surface area (Å²) in [6.45, 7) is 1.79. The number of carboxylic acids is 1. The number of hydrogen-bond acceptors (Lipinski definition) is 4. The fourth-order valence-corrected chi connectivity index (χ4v) is 4.30. The lowest BCUT2D eigenvalue weighted by molar-refractivity contribution is -0.146. The summed E-state index contributed by atoms with van der Waals surface area (Å²) in [5, 5.41) is 18.0. The fourth-order valence-electron chi connectivity index (χ4n) is 2.21. The SMILES string of the molecule is CC1(C(=O)O)CCN(S(=O)(=O)CC2(C#N)CC2)C1. The Balaban J connectivity index is 2.10. The molecule has 2 aliphatic rings. The number of sulfonamides is 1. The lowest BCUT2D eigenvalue weighted by Crippen LogP contribution is -2.37. The Hall–Kier alpha value is -1.13. The van der Waals surface area contributed by atoms with E-state index in [1.54, 1.807) is 6.92 Å². The minimum Gasteiger partial charge on any atom is -0.481 e. The van der Waals surface area contributed by atoms with E-state index < -0.39 is 26.8 Å². The highest BCUT2D eigenvalue weighted by Crippen LogP contribution is 2.47. The monoisotopic (exact) mass is 272 g/mol.